The van der Waals surface area contributed by atoms with Crippen LogP contribution in [0.1, 0.15) is 11.4 Å². The van der Waals surface area contributed by atoms with E-state index >= 15 is 0 Å². The van der Waals surface area contributed by atoms with Crippen molar-refractivity contribution in [3.8, 4) is 5.75 Å². The van der Waals surface area contributed by atoms with Crippen LogP contribution < -0.4 is 10.1 Å². The molecule has 2 aromatic rings. The van der Waals surface area contributed by atoms with Crippen molar-refractivity contribution in [1.82, 2.24) is 14.9 Å². The molecule has 0 spiro atoms. The average molecular weight is 310 g/mol. The van der Waals surface area contributed by atoms with Crippen molar-refractivity contribution in [2.75, 3.05) is 27.4 Å². The molecule has 1 heterocycles. The van der Waals surface area contributed by atoms with E-state index < -0.39 is 0 Å². The molecule has 0 radical (unpaired) electrons. The van der Waals surface area contributed by atoms with Gasteiger partial charge in [-0.2, -0.15) is 0 Å². The van der Waals surface area contributed by atoms with Gasteiger partial charge in [0.15, 0.2) is 0 Å². The lowest BCUT2D eigenvalue weighted by Crippen LogP contribution is -2.21. The van der Waals surface area contributed by atoms with E-state index in [1.54, 1.807) is 20.4 Å². The monoisotopic (exact) mass is 309 g/mol. The molecule has 5 nitrogen and oxygen atoms in total. The summed E-state index contributed by atoms with van der Waals surface area (Å²) in [6.45, 7) is 2.84. The first-order valence-electron chi connectivity index (χ1n) is 6.76. The van der Waals surface area contributed by atoms with Crippen LogP contribution in [0.2, 0.25) is 5.02 Å². The fraction of sp³-hybridized carbons (Fsp3) is 0.400. The van der Waals surface area contributed by atoms with Crippen molar-refractivity contribution in [3.63, 3.8) is 0 Å². The predicted molar refractivity (Wildman–Crippen MR) is 82.9 cm³/mol. The molecule has 1 aromatic carbocycles. The molecule has 0 aliphatic carbocycles. The van der Waals surface area contributed by atoms with Gasteiger partial charge >= 0.3 is 0 Å². The minimum Gasteiger partial charge on any atom is -0.496 e. The molecule has 0 unspecified atom stereocenters. The van der Waals surface area contributed by atoms with E-state index in [9.17, 15) is 0 Å². The number of hydrogen-bond acceptors (Lipinski definition) is 4. The number of imidazole rings is 1. The molecule has 0 fully saturated rings. The van der Waals surface area contributed by atoms with E-state index in [0.29, 0.717) is 24.7 Å². The van der Waals surface area contributed by atoms with Gasteiger partial charge in [0.25, 0.3) is 0 Å². The zero-order chi connectivity index (χ0) is 15.1. The minimum atomic E-state index is 0.672. The standard InChI is InChI=1S/C15H20ClN3O2/c1-20-8-6-17-10-15-18-5-7-19(15)11-12-9-13(16)3-4-14(12)21-2/h3-5,7,9,17H,6,8,10-11H2,1-2H3. The molecule has 0 saturated heterocycles. The first-order valence-corrected chi connectivity index (χ1v) is 7.14. The van der Waals surface area contributed by atoms with Crippen LogP contribution in [0.15, 0.2) is 30.6 Å². The van der Waals surface area contributed by atoms with Crippen molar-refractivity contribution in [3.05, 3.63) is 47.0 Å². The van der Waals surface area contributed by atoms with Gasteiger partial charge in [-0.15, -0.1) is 0 Å². The maximum Gasteiger partial charge on any atom is 0.123 e. The number of ether oxygens (including phenoxy) is 2. The van der Waals surface area contributed by atoms with Crippen molar-refractivity contribution in [1.29, 1.82) is 0 Å². The molecule has 0 atom stereocenters. The summed E-state index contributed by atoms with van der Waals surface area (Å²) in [7, 11) is 3.35. The lowest BCUT2D eigenvalue weighted by Gasteiger charge is -2.12. The van der Waals surface area contributed by atoms with Crippen LogP contribution in [0.4, 0.5) is 0 Å². The zero-order valence-corrected chi connectivity index (χ0v) is 13.1. The summed E-state index contributed by atoms with van der Waals surface area (Å²) in [5, 5.41) is 3.99. The molecule has 0 aliphatic heterocycles. The number of methoxy groups -OCH3 is 2. The van der Waals surface area contributed by atoms with E-state index in [4.69, 9.17) is 21.1 Å². The van der Waals surface area contributed by atoms with Crippen molar-refractivity contribution in [2.45, 2.75) is 13.1 Å². The second-order valence-electron chi connectivity index (χ2n) is 4.60. The van der Waals surface area contributed by atoms with Gasteiger partial charge < -0.3 is 19.4 Å². The largest absolute Gasteiger partial charge is 0.496 e. The maximum atomic E-state index is 6.07. The Labute approximate surface area is 129 Å². The normalized spacial score (nSPS) is 10.8. The Morgan fingerprint density at radius 2 is 2.19 bits per heavy atom. The number of nitrogens with zero attached hydrogens (tertiary/aromatic N) is 2. The summed E-state index contributed by atoms with van der Waals surface area (Å²) in [5.41, 5.74) is 1.03. The Morgan fingerprint density at radius 3 is 2.95 bits per heavy atom. The molecule has 114 valence electrons. The third-order valence-corrected chi connectivity index (χ3v) is 3.39. The second-order valence-corrected chi connectivity index (χ2v) is 5.03. The van der Waals surface area contributed by atoms with Crippen LogP contribution in [-0.4, -0.2) is 36.9 Å². The molecule has 0 amide bonds. The van der Waals surface area contributed by atoms with Gasteiger partial charge in [0.1, 0.15) is 11.6 Å². The maximum absolute atomic E-state index is 6.07. The van der Waals surface area contributed by atoms with E-state index in [2.05, 4.69) is 14.9 Å². The highest BCUT2D eigenvalue weighted by atomic mass is 35.5. The molecule has 1 N–H and O–H groups in total. The first kappa shape index (κ1) is 15.8. The lowest BCUT2D eigenvalue weighted by atomic mass is 10.2. The SMILES string of the molecule is COCCNCc1nccn1Cc1cc(Cl)ccc1OC. The van der Waals surface area contributed by atoms with Crippen molar-refractivity contribution < 1.29 is 9.47 Å². The van der Waals surface area contributed by atoms with Crippen LogP contribution in [0.5, 0.6) is 5.75 Å². The zero-order valence-electron chi connectivity index (χ0n) is 12.3. The molecule has 2 rings (SSSR count). The molecule has 1 aromatic heterocycles. The average Bonchev–Trinajstić information content (AvgIpc) is 2.91. The van der Waals surface area contributed by atoms with Gasteiger partial charge in [-0.3, -0.25) is 0 Å². The summed E-state index contributed by atoms with van der Waals surface area (Å²) in [6.07, 6.45) is 3.75. The molecule has 6 heteroatoms. The van der Waals surface area contributed by atoms with E-state index in [0.717, 1.165) is 23.7 Å². The van der Waals surface area contributed by atoms with E-state index in [-0.39, 0.29) is 0 Å². The van der Waals surface area contributed by atoms with Gasteiger partial charge in [0.05, 0.1) is 26.8 Å². The van der Waals surface area contributed by atoms with Gasteiger partial charge in [-0.05, 0) is 18.2 Å². The van der Waals surface area contributed by atoms with Crippen LogP contribution >= 0.6 is 11.6 Å². The summed E-state index contributed by atoms with van der Waals surface area (Å²) < 4.78 is 12.5. The summed E-state index contributed by atoms with van der Waals surface area (Å²) in [6, 6.07) is 5.62. The Morgan fingerprint density at radius 1 is 1.33 bits per heavy atom. The molecule has 0 bridgehead atoms. The third kappa shape index (κ3) is 4.46. The Kier molecular flexibility index (Phi) is 6.04. The number of aromatic nitrogens is 2. The Balaban J connectivity index is 2.06. The lowest BCUT2D eigenvalue weighted by molar-refractivity contribution is 0.199. The summed E-state index contributed by atoms with van der Waals surface area (Å²) >= 11 is 6.07. The molecule has 0 aliphatic rings. The molecule has 21 heavy (non-hydrogen) atoms. The predicted octanol–water partition coefficient (Wildman–Crippen LogP) is 2.33. The van der Waals surface area contributed by atoms with Crippen molar-refractivity contribution in [2.24, 2.45) is 0 Å². The van der Waals surface area contributed by atoms with Gasteiger partial charge in [-0.25, -0.2) is 4.98 Å². The number of rotatable bonds is 8. The van der Waals surface area contributed by atoms with Crippen LogP contribution in [0, 0.1) is 0 Å². The smallest absolute Gasteiger partial charge is 0.123 e. The molecular weight excluding hydrogens is 290 g/mol. The first-order chi connectivity index (χ1) is 10.2. The fourth-order valence-corrected chi connectivity index (χ4v) is 2.27. The number of nitrogens with one attached hydrogen (secondary N) is 1. The summed E-state index contributed by atoms with van der Waals surface area (Å²) in [5.74, 6) is 1.79. The number of halogens is 1. The van der Waals surface area contributed by atoms with Gasteiger partial charge in [0, 0.05) is 36.6 Å². The second kappa shape index (κ2) is 8.02. The highest BCUT2D eigenvalue weighted by molar-refractivity contribution is 6.30. The Hall–Kier alpha value is -1.56. The van der Waals surface area contributed by atoms with Gasteiger partial charge in [-0.1, -0.05) is 11.6 Å². The number of hydrogen-bond donors (Lipinski definition) is 1. The number of benzene rings is 1. The topological polar surface area (TPSA) is 48.3 Å². The quantitative estimate of drug-likeness (QED) is 0.760. The Bertz CT molecular complexity index is 572. The summed E-state index contributed by atoms with van der Waals surface area (Å²) in [4.78, 5) is 4.37. The fourth-order valence-electron chi connectivity index (χ4n) is 2.08. The van der Waals surface area contributed by atoms with E-state index in [1.807, 2.05) is 24.4 Å². The minimum absolute atomic E-state index is 0.672. The van der Waals surface area contributed by atoms with Gasteiger partial charge in [0.2, 0.25) is 0 Å². The highest BCUT2D eigenvalue weighted by Crippen LogP contribution is 2.23. The van der Waals surface area contributed by atoms with E-state index in [1.165, 1.54) is 0 Å². The van der Waals surface area contributed by atoms with Crippen LogP contribution in [0.25, 0.3) is 0 Å². The highest BCUT2D eigenvalue weighted by Gasteiger charge is 2.08. The van der Waals surface area contributed by atoms with Crippen molar-refractivity contribution >= 4 is 11.6 Å². The van der Waals surface area contributed by atoms with Crippen LogP contribution in [0.3, 0.4) is 0 Å². The molecule has 0 saturated carbocycles. The third-order valence-electron chi connectivity index (χ3n) is 3.15. The van der Waals surface area contributed by atoms with Crippen LogP contribution in [-0.2, 0) is 17.8 Å². The molecular formula is C15H20ClN3O2.